The van der Waals surface area contributed by atoms with Crippen LogP contribution in [0.15, 0.2) is 47.1 Å². The number of ether oxygens (including phenoxy) is 2. The van der Waals surface area contributed by atoms with E-state index in [0.717, 1.165) is 15.7 Å². The van der Waals surface area contributed by atoms with Crippen LogP contribution in [0.4, 0.5) is 0 Å². The van der Waals surface area contributed by atoms with E-state index in [0.29, 0.717) is 18.8 Å². The van der Waals surface area contributed by atoms with Gasteiger partial charge in [0.25, 0.3) is 0 Å². The minimum atomic E-state index is -0.389. The third-order valence-corrected chi connectivity index (χ3v) is 3.21. The Morgan fingerprint density at radius 3 is 2.50 bits per heavy atom. The van der Waals surface area contributed by atoms with E-state index >= 15 is 0 Å². The molecule has 2 aromatic rings. The fourth-order valence-corrected chi connectivity index (χ4v) is 1.87. The summed E-state index contributed by atoms with van der Waals surface area (Å²) in [7, 11) is 1.34. The number of rotatable bonds is 5. The summed E-state index contributed by atoms with van der Waals surface area (Å²) in [4.78, 5) is 15.4. The van der Waals surface area contributed by atoms with Crippen LogP contribution in [-0.4, -0.2) is 18.1 Å². The lowest BCUT2D eigenvalue weighted by Crippen LogP contribution is -2.03. The second-order valence-electron chi connectivity index (χ2n) is 4.15. The third-order valence-electron chi connectivity index (χ3n) is 2.68. The van der Waals surface area contributed by atoms with Crippen LogP contribution >= 0.6 is 15.9 Å². The number of carbonyl (C=O) groups is 1. The molecule has 1 aromatic carbocycles. The van der Waals surface area contributed by atoms with Gasteiger partial charge in [0.05, 0.1) is 31.6 Å². The number of hydrogen-bond acceptors (Lipinski definition) is 4. The Morgan fingerprint density at radius 2 is 1.90 bits per heavy atom. The molecule has 1 heterocycles. The number of carbonyl (C=O) groups excluding carboxylic acids is 1. The zero-order valence-corrected chi connectivity index (χ0v) is 12.6. The summed E-state index contributed by atoms with van der Waals surface area (Å²) in [5, 5.41) is 0. The maximum absolute atomic E-state index is 11.3. The Bertz CT molecular complexity index is 567. The lowest BCUT2D eigenvalue weighted by atomic mass is 10.2. The van der Waals surface area contributed by atoms with Crippen molar-refractivity contribution in [3.8, 4) is 0 Å². The second kappa shape index (κ2) is 7.17. The minimum absolute atomic E-state index is 0.389. The number of esters is 1. The molecule has 0 amide bonds. The average Bonchev–Trinajstić information content (AvgIpc) is 2.49. The number of benzene rings is 1. The predicted molar refractivity (Wildman–Crippen MR) is 78.2 cm³/mol. The molecule has 0 fully saturated rings. The van der Waals surface area contributed by atoms with Crippen LogP contribution in [0.5, 0.6) is 0 Å². The number of halogens is 1. The van der Waals surface area contributed by atoms with Gasteiger partial charge in [0.1, 0.15) is 0 Å². The summed E-state index contributed by atoms with van der Waals surface area (Å²) in [6.07, 6.45) is 1.49. The number of pyridine rings is 1. The summed E-state index contributed by atoms with van der Waals surface area (Å²) < 4.78 is 11.2. The Morgan fingerprint density at radius 1 is 1.15 bits per heavy atom. The van der Waals surface area contributed by atoms with Crippen molar-refractivity contribution < 1.29 is 14.3 Å². The first-order valence-corrected chi connectivity index (χ1v) is 6.84. The van der Waals surface area contributed by atoms with Gasteiger partial charge in [0.15, 0.2) is 0 Å². The summed E-state index contributed by atoms with van der Waals surface area (Å²) in [5.74, 6) is -0.389. The molecule has 0 spiro atoms. The standard InChI is InChI=1S/C15H14BrNO3/c1-19-15(18)12-4-7-14(17-8-12)10-20-9-11-2-5-13(16)6-3-11/h2-8H,9-10H2,1H3. The fraction of sp³-hybridized carbons (Fsp3) is 0.200. The zero-order valence-electron chi connectivity index (χ0n) is 11.0. The first-order chi connectivity index (χ1) is 9.69. The minimum Gasteiger partial charge on any atom is -0.465 e. The van der Waals surface area contributed by atoms with Crippen molar-refractivity contribution >= 4 is 21.9 Å². The quantitative estimate of drug-likeness (QED) is 0.786. The summed E-state index contributed by atoms with van der Waals surface area (Å²) >= 11 is 3.39. The summed E-state index contributed by atoms with van der Waals surface area (Å²) in [6.45, 7) is 0.922. The van der Waals surface area contributed by atoms with Gasteiger partial charge in [-0.3, -0.25) is 4.98 Å². The van der Waals surface area contributed by atoms with Crippen molar-refractivity contribution in [3.63, 3.8) is 0 Å². The smallest absolute Gasteiger partial charge is 0.339 e. The number of nitrogens with zero attached hydrogens (tertiary/aromatic N) is 1. The van der Waals surface area contributed by atoms with Crippen LogP contribution in [0.25, 0.3) is 0 Å². The third kappa shape index (κ3) is 4.15. The van der Waals surface area contributed by atoms with Gasteiger partial charge in [-0.2, -0.15) is 0 Å². The highest BCUT2D eigenvalue weighted by Gasteiger charge is 2.05. The summed E-state index contributed by atoms with van der Waals surface area (Å²) in [5.41, 5.74) is 2.30. The lowest BCUT2D eigenvalue weighted by Gasteiger charge is -2.05. The Balaban J connectivity index is 1.85. The van der Waals surface area contributed by atoms with E-state index in [1.807, 2.05) is 24.3 Å². The molecule has 0 radical (unpaired) electrons. The van der Waals surface area contributed by atoms with Gasteiger partial charge < -0.3 is 9.47 Å². The molecular formula is C15H14BrNO3. The van der Waals surface area contributed by atoms with Crippen LogP contribution < -0.4 is 0 Å². The van der Waals surface area contributed by atoms with Crippen LogP contribution in [0.3, 0.4) is 0 Å². The van der Waals surface area contributed by atoms with E-state index in [9.17, 15) is 4.79 Å². The Kier molecular flexibility index (Phi) is 5.26. The normalized spacial score (nSPS) is 10.3. The molecule has 0 unspecified atom stereocenters. The lowest BCUT2D eigenvalue weighted by molar-refractivity contribution is 0.0600. The van der Waals surface area contributed by atoms with E-state index in [1.54, 1.807) is 12.1 Å². The molecule has 0 bridgehead atoms. The number of hydrogen-bond donors (Lipinski definition) is 0. The van der Waals surface area contributed by atoms with Gasteiger partial charge in [-0.25, -0.2) is 4.79 Å². The van der Waals surface area contributed by atoms with E-state index < -0.39 is 0 Å². The fourth-order valence-electron chi connectivity index (χ4n) is 1.60. The first-order valence-electron chi connectivity index (χ1n) is 6.04. The Hall–Kier alpha value is -1.72. The van der Waals surface area contributed by atoms with Gasteiger partial charge in [-0.1, -0.05) is 28.1 Å². The second-order valence-corrected chi connectivity index (χ2v) is 5.06. The van der Waals surface area contributed by atoms with Gasteiger partial charge >= 0.3 is 5.97 Å². The van der Waals surface area contributed by atoms with Crippen LogP contribution in [-0.2, 0) is 22.7 Å². The van der Waals surface area contributed by atoms with E-state index in [1.165, 1.54) is 13.3 Å². The molecule has 0 N–H and O–H groups in total. The SMILES string of the molecule is COC(=O)c1ccc(COCc2ccc(Br)cc2)nc1. The highest BCUT2D eigenvalue weighted by molar-refractivity contribution is 9.10. The van der Waals surface area contributed by atoms with E-state index in [4.69, 9.17) is 4.74 Å². The topological polar surface area (TPSA) is 48.4 Å². The zero-order chi connectivity index (χ0) is 14.4. The van der Waals surface area contributed by atoms with E-state index in [2.05, 4.69) is 25.7 Å². The summed E-state index contributed by atoms with van der Waals surface area (Å²) in [6, 6.07) is 11.4. The molecule has 0 saturated carbocycles. The molecule has 104 valence electrons. The van der Waals surface area contributed by atoms with E-state index in [-0.39, 0.29) is 5.97 Å². The van der Waals surface area contributed by atoms with Crippen LogP contribution in [0.2, 0.25) is 0 Å². The first kappa shape index (κ1) is 14.7. The molecule has 0 aliphatic rings. The van der Waals surface area contributed by atoms with Crippen LogP contribution in [0, 0.1) is 0 Å². The highest BCUT2D eigenvalue weighted by Crippen LogP contribution is 2.12. The van der Waals surface area contributed by atoms with Crippen molar-refractivity contribution in [1.82, 2.24) is 4.98 Å². The molecular weight excluding hydrogens is 322 g/mol. The number of aromatic nitrogens is 1. The van der Waals surface area contributed by atoms with Crippen molar-refractivity contribution in [2.24, 2.45) is 0 Å². The predicted octanol–water partition coefficient (Wildman–Crippen LogP) is 3.35. The molecule has 5 heteroatoms. The largest absolute Gasteiger partial charge is 0.465 e. The van der Waals surface area contributed by atoms with Crippen molar-refractivity contribution in [2.45, 2.75) is 13.2 Å². The molecule has 2 rings (SSSR count). The van der Waals surface area contributed by atoms with Gasteiger partial charge in [0, 0.05) is 10.7 Å². The van der Waals surface area contributed by atoms with Crippen molar-refractivity contribution in [1.29, 1.82) is 0 Å². The van der Waals surface area contributed by atoms with Gasteiger partial charge in [-0.15, -0.1) is 0 Å². The van der Waals surface area contributed by atoms with Crippen LogP contribution in [0.1, 0.15) is 21.6 Å². The maximum atomic E-state index is 11.3. The molecule has 0 aliphatic carbocycles. The molecule has 0 saturated heterocycles. The highest BCUT2D eigenvalue weighted by atomic mass is 79.9. The van der Waals surface area contributed by atoms with Crippen molar-refractivity contribution in [3.05, 3.63) is 63.9 Å². The molecule has 0 aliphatic heterocycles. The maximum Gasteiger partial charge on any atom is 0.339 e. The molecule has 0 atom stereocenters. The van der Waals surface area contributed by atoms with Crippen molar-refractivity contribution in [2.75, 3.05) is 7.11 Å². The molecule has 20 heavy (non-hydrogen) atoms. The molecule has 1 aromatic heterocycles. The Labute approximate surface area is 125 Å². The van der Waals surface area contributed by atoms with Gasteiger partial charge in [0.2, 0.25) is 0 Å². The number of methoxy groups -OCH3 is 1. The van der Waals surface area contributed by atoms with Gasteiger partial charge in [-0.05, 0) is 29.8 Å². The average molecular weight is 336 g/mol. The molecule has 4 nitrogen and oxygen atoms in total. The monoisotopic (exact) mass is 335 g/mol.